The van der Waals surface area contributed by atoms with Gasteiger partial charge in [0.15, 0.2) is 0 Å². The zero-order valence-corrected chi connectivity index (χ0v) is 12.6. The summed E-state index contributed by atoms with van der Waals surface area (Å²) in [5.74, 6) is 0.176. The third kappa shape index (κ3) is 2.94. The Morgan fingerprint density at radius 1 is 1.50 bits per heavy atom. The number of likely N-dealkylation sites (tertiary alicyclic amines) is 1. The highest BCUT2D eigenvalue weighted by Crippen LogP contribution is 2.37. The molecule has 0 aliphatic carbocycles. The molecule has 1 aromatic rings. The smallest absolute Gasteiger partial charge is 0.407 e. The Morgan fingerprint density at radius 3 is 2.85 bits per heavy atom. The number of benzene rings is 1. The SMILES string of the molecule is CSc1cccc(C2CCN(C(=O)O)C(C)C2CO)c1. The molecule has 0 spiro atoms. The molecule has 5 heteroatoms. The Morgan fingerprint density at radius 2 is 2.25 bits per heavy atom. The molecular weight excluding hydrogens is 274 g/mol. The van der Waals surface area contributed by atoms with Crippen LogP contribution in [0.4, 0.5) is 4.79 Å². The number of nitrogens with zero attached hydrogens (tertiary/aromatic N) is 1. The van der Waals surface area contributed by atoms with Gasteiger partial charge in [-0.05, 0) is 43.2 Å². The van der Waals surface area contributed by atoms with Gasteiger partial charge in [-0.1, -0.05) is 12.1 Å². The van der Waals surface area contributed by atoms with Crippen LogP contribution in [0.1, 0.15) is 24.8 Å². The van der Waals surface area contributed by atoms with Crippen LogP contribution in [-0.2, 0) is 0 Å². The number of aliphatic hydroxyl groups excluding tert-OH is 1. The van der Waals surface area contributed by atoms with Crippen molar-refractivity contribution in [3.63, 3.8) is 0 Å². The quantitative estimate of drug-likeness (QED) is 0.842. The second kappa shape index (κ2) is 6.50. The van der Waals surface area contributed by atoms with Crippen molar-refractivity contribution in [2.24, 2.45) is 5.92 Å². The van der Waals surface area contributed by atoms with E-state index in [0.29, 0.717) is 6.54 Å². The van der Waals surface area contributed by atoms with E-state index in [1.54, 1.807) is 11.8 Å². The number of carboxylic acid groups (broad SMARTS) is 1. The molecule has 4 nitrogen and oxygen atoms in total. The van der Waals surface area contributed by atoms with Gasteiger partial charge in [-0.2, -0.15) is 0 Å². The van der Waals surface area contributed by atoms with Gasteiger partial charge in [0.1, 0.15) is 0 Å². The van der Waals surface area contributed by atoms with Crippen LogP contribution in [0.25, 0.3) is 0 Å². The summed E-state index contributed by atoms with van der Waals surface area (Å²) in [5, 5.41) is 18.9. The van der Waals surface area contributed by atoms with Crippen LogP contribution >= 0.6 is 11.8 Å². The maximum atomic E-state index is 11.2. The fraction of sp³-hybridized carbons (Fsp3) is 0.533. The average Bonchev–Trinajstić information content (AvgIpc) is 2.46. The van der Waals surface area contributed by atoms with Gasteiger partial charge < -0.3 is 15.1 Å². The van der Waals surface area contributed by atoms with Crippen molar-refractivity contribution in [1.82, 2.24) is 4.90 Å². The zero-order valence-electron chi connectivity index (χ0n) is 11.8. The molecule has 20 heavy (non-hydrogen) atoms. The molecule has 0 saturated carbocycles. The Hall–Kier alpha value is -1.20. The Balaban J connectivity index is 2.25. The van der Waals surface area contributed by atoms with Gasteiger partial charge in [-0.25, -0.2) is 4.79 Å². The van der Waals surface area contributed by atoms with E-state index in [1.165, 1.54) is 15.4 Å². The first-order chi connectivity index (χ1) is 9.58. The lowest BCUT2D eigenvalue weighted by molar-refractivity contribution is 0.0493. The van der Waals surface area contributed by atoms with Gasteiger partial charge in [-0.3, -0.25) is 0 Å². The first kappa shape index (κ1) is 15.2. The minimum Gasteiger partial charge on any atom is -0.465 e. The second-order valence-corrected chi connectivity index (χ2v) is 6.11. The van der Waals surface area contributed by atoms with E-state index in [4.69, 9.17) is 0 Å². The van der Waals surface area contributed by atoms with Crippen LogP contribution in [0.15, 0.2) is 29.2 Å². The second-order valence-electron chi connectivity index (χ2n) is 5.23. The summed E-state index contributed by atoms with van der Waals surface area (Å²) in [6, 6.07) is 8.17. The average molecular weight is 295 g/mol. The van der Waals surface area contributed by atoms with Crippen LogP contribution in [0.2, 0.25) is 0 Å². The molecule has 0 bridgehead atoms. The Bertz CT molecular complexity index is 480. The molecule has 1 fully saturated rings. The largest absolute Gasteiger partial charge is 0.465 e. The highest BCUT2D eigenvalue weighted by atomic mass is 32.2. The molecule has 1 aliphatic rings. The summed E-state index contributed by atoms with van der Waals surface area (Å²) < 4.78 is 0. The summed E-state index contributed by atoms with van der Waals surface area (Å²) in [4.78, 5) is 13.9. The van der Waals surface area contributed by atoms with Crippen molar-refractivity contribution < 1.29 is 15.0 Å². The van der Waals surface area contributed by atoms with Crippen molar-refractivity contribution in [1.29, 1.82) is 0 Å². The molecule has 1 saturated heterocycles. The van der Waals surface area contributed by atoms with E-state index in [0.717, 1.165) is 6.42 Å². The summed E-state index contributed by atoms with van der Waals surface area (Å²) in [6.07, 6.45) is 1.91. The van der Waals surface area contributed by atoms with Crippen LogP contribution in [-0.4, -0.2) is 46.7 Å². The van der Waals surface area contributed by atoms with Gasteiger partial charge >= 0.3 is 6.09 Å². The lowest BCUT2D eigenvalue weighted by Crippen LogP contribution is -2.50. The minimum atomic E-state index is -0.896. The number of piperidine rings is 1. The van der Waals surface area contributed by atoms with Crippen molar-refractivity contribution >= 4 is 17.9 Å². The normalized spacial score (nSPS) is 26.6. The number of thioether (sulfide) groups is 1. The zero-order chi connectivity index (χ0) is 14.7. The fourth-order valence-corrected chi connectivity index (χ4v) is 3.57. The molecule has 2 N–H and O–H groups in total. The number of hydrogen-bond donors (Lipinski definition) is 2. The first-order valence-corrected chi connectivity index (χ1v) is 8.05. The van der Waals surface area contributed by atoms with Crippen molar-refractivity contribution in [2.75, 3.05) is 19.4 Å². The van der Waals surface area contributed by atoms with Gasteiger partial charge in [0.2, 0.25) is 0 Å². The van der Waals surface area contributed by atoms with Crippen LogP contribution in [0.3, 0.4) is 0 Å². The number of amides is 1. The predicted octanol–water partition coefficient (Wildman–Crippen LogP) is 2.87. The Kier molecular flexibility index (Phi) is 4.94. The van der Waals surface area contributed by atoms with Gasteiger partial charge in [0.05, 0.1) is 0 Å². The summed E-state index contributed by atoms with van der Waals surface area (Å²) in [7, 11) is 0. The van der Waals surface area contributed by atoms with Gasteiger partial charge in [-0.15, -0.1) is 11.8 Å². The van der Waals surface area contributed by atoms with Crippen molar-refractivity contribution in [3.05, 3.63) is 29.8 Å². The highest BCUT2D eigenvalue weighted by Gasteiger charge is 2.37. The van der Waals surface area contributed by atoms with Crippen molar-refractivity contribution in [2.45, 2.75) is 30.2 Å². The topological polar surface area (TPSA) is 60.8 Å². The molecule has 0 radical (unpaired) electrons. The van der Waals surface area contributed by atoms with Crippen LogP contribution in [0.5, 0.6) is 0 Å². The molecule has 1 aliphatic heterocycles. The summed E-state index contributed by atoms with van der Waals surface area (Å²) in [6.45, 7) is 2.43. The molecule has 1 heterocycles. The molecule has 1 aromatic carbocycles. The monoisotopic (exact) mass is 295 g/mol. The summed E-state index contributed by atoms with van der Waals surface area (Å²) >= 11 is 1.69. The van der Waals surface area contributed by atoms with Crippen LogP contribution < -0.4 is 0 Å². The summed E-state index contributed by atoms with van der Waals surface area (Å²) in [5.41, 5.74) is 1.20. The molecule has 1 amide bonds. The number of carbonyl (C=O) groups is 1. The number of rotatable bonds is 3. The van der Waals surface area contributed by atoms with E-state index in [1.807, 2.05) is 19.2 Å². The third-order valence-electron chi connectivity index (χ3n) is 4.29. The predicted molar refractivity (Wildman–Crippen MR) is 80.3 cm³/mol. The highest BCUT2D eigenvalue weighted by molar-refractivity contribution is 7.98. The molecule has 2 rings (SSSR count). The fourth-order valence-electron chi connectivity index (χ4n) is 3.10. The lowest BCUT2D eigenvalue weighted by Gasteiger charge is -2.42. The molecule has 3 unspecified atom stereocenters. The lowest BCUT2D eigenvalue weighted by atomic mass is 9.77. The van der Waals surface area contributed by atoms with E-state index < -0.39 is 6.09 Å². The van der Waals surface area contributed by atoms with Crippen LogP contribution in [0, 0.1) is 5.92 Å². The van der Waals surface area contributed by atoms with Gasteiger partial charge in [0.25, 0.3) is 0 Å². The van der Waals surface area contributed by atoms with E-state index in [-0.39, 0.29) is 24.5 Å². The molecule has 0 aromatic heterocycles. The standard InChI is InChI=1S/C15H21NO3S/c1-10-14(9-17)13(6-7-16(10)15(18)19)11-4-3-5-12(8-11)20-2/h3-5,8,10,13-14,17H,6-7,9H2,1-2H3,(H,18,19). The number of hydrogen-bond acceptors (Lipinski definition) is 3. The third-order valence-corrected chi connectivity index (χ3v) is 5.01. The first-order valence-electron chi connectivity index (χ1n) is 6.82. The number of aliphatic hydroxyl groups is 1. The minimum absolute atomic E-state index is 0.0130. The Labute approximate surface area is 123 Å². The molecule has 110 valence electrons. The van der Waals surface area contributed by atoms with E-state index >= 15 is 0 Å². The maximum Gasteiger partial charge on any atom is 0.407 e. The van der Waals surface area contributed by atoms with Crippen molar-refractivity contribution in [3.8, 4) is 0 Å². The molecular formula is C15H21NO3S. The molecule has 3 atom stereocenters. The maximum absolute atomic E-state index is 11.2. The van der Waals surface area contributed by atoms with E-state index in [9.17, 15) is 15.0 Å². The van der Waals surface area contributed by atoms with E-state index in [2.05, 4.69) is 18.2 Å². The van der Waals surface area contributed by atoms with Gasteiger partial charge in [0, 0.05) is 30.0 Å².